The second-order valence-electron chi connectivity index (χ2n) is 5.00. The van der Waals surface area contributed by atoms with Gasteiger partial charge in [0.2, 0.25) is 0 Å². The molecule has 21 heavy (non-hydrogen) atoms. The molecule has 0 radical (unpaired) electrons. The van der Waals surface area contributed by atoms with Gasteiger partial charge in [0.25, 0.3) is 10.0 Å². The van der Waals surface area contributed by atoms with Crippen LogP contribution in [0, 0.1) is 6.92 Å². The Bertz CT molecular complexity index is 790. The molecular formula is C14H15N3O3S. The van der Waals surface area contributed by atoms with Crippen LogP contribution in [0.3, 0.4) is 0 Å². The highest BCUT2D eigenvalue weighted by Gasteiger charge is 2.23. The Hall–Kier alpha value is -2.15. The van der Waals surface area contributed by atoms with Crippen LogP contribution in [-0.4, -0.2) is 24.5 Å². The van der Waals surface area contributed by atoms with E-state index in [-0.39, 0.29) is 16.8 Å². The zero-order valence-corrected chi connectivity index (χ0v) is 12.5. The van der Waals surface area contributed by atoms with Gasteiger partial charge in [0, 0.05) is 12.6 Å². The summed E-state index contributed by atoms with van der Waals surface area (Å²) in [7, 11) is -3.66. The number of nitrogens with zero attached hydrogens (tertiary/aromatic N) is 2. The van der Waals surface area contributed by atoms with Crippen LogP contribution in [0.15, 0.2) is 35.4 Å². The Labute approximate surface area is 123 Å². The molecule has 110 valence electrons. The van der Waals surface area contributed by atoms with Crippen molar-refractivity contribution < 1.29 is 13.2 Å². The van der Waals surface area contributed by atoms with E-state index in [9.17, 15) is 8.42 Å². The third-order valence-electron chi connectivity index (χ3n) is 3.19. The monoisotopic (exact) mass is 305 g/mol. The molecule has 0 bridgehead atoms. The van der Waals surface area contributed by atoms with Crippen LogP contribution in [-0.2, 0) is 16.4 Å². The van der Waals surface area contributed by atoms with Crippen molar-refractivity contribution in [2.75, 3.05) is 4.72 Å². The lowest BCUT2D eigenvalue weighted by molar-refractivity contribution is 0.254. The number of hydrogen-bond acceptors (Lipinski definition) is 5. The summed E-state index contributed by atoms with van der Waals surface area (Å²) in [5.74, 6) is 1.51. The zero-order chi connectivity index (χ0) is 15.0. The molecule has 0 saturated carbocycles. The van der Waals surface area contributed by atoms with Gasteiger partial charge in [-0.15, -0.1) is 0 Å². The quantitative estimate of drug-likeness (QED) is 0.936. The minimum absolute atomic E-state index is 0.0791. The SMILES string of the molecule is Cc1nccc(NS(=O)(=O)c2ccc3c(c2)C[C@@H](C)O3)n1. The standard InChI is InChI=1S/C14H15N3O3S/c1-9-7-11-8-12(3-4-13(11)20-9)21(18,19)17-14-5-6-15-10(2)16-14/h3-6,8-9H,7H2,1-2H3,(H,15,16,17)/t9-/m1/s1. The van der Waals surface area contributed by atoms with Gasteiger partial charge < -0.3 is 4.74 Å². The summed E-state index contributed by atoms with van der Waals surface area (Å²) in [6.45, 7) is 3.65. The molecule has 0 saturated heterocycles. The number of aromatic nitrogens is 2. The van der Waals surface area contributed by atoms with E-state index >= 15 is 0 Å². The van der Waals surface area contributed by atoms with E-state index in [2.05, 4.69) is 14.7 Å². The number of nitrogens with one attached hydrogen (secondary N) is 1. The number of rotatable bonds is 3. The van der Waals surface area contributed by atoms with Crippen molar-refractivity contribution in [3.63, 3.8) is 0 Å². The maximum atomic E-state index is 12.4. The molecule has 0 aliphatic carbocycles. The minimum Gasteiger partial charge on any atom is -0.490 e. The highest BCUT2D eigenvalue weighted by atomic mass is 32.2. The predicted octanol–water partition coefficient (Wildman–Crippen LogP) is 1.91. The molecular weight excluding hydrogens is 290 g/mol. The second kappa shape index (κ2) is 5.00. The molecule has 0 amide bonds. The molecule has 0 unspecified atom stereocenters. The zero-order valence-electron chi connectivity index (χ0n) is 11.7. The molecule has 1 aromatic heterocycles. The smallest absolute Gasteiger partial charge is 0.263 e. The molecule has 2 aromatic rings. The average molecular weight is 305 g/mol. The van der Waals surface area contributed by atoms with Gasteiger partial charge >= 0.3 is 0 Å². The topological polar surface area (TPSA) is 81.2 Å². The first-order valence-electron chi connectivity index (χ1n) is 6.56. The molecule has 0 spiro atoms. The van der Waals surface area contributed by atoms with E-state index in [1.54, 1.807) is 19.1 Å². The molecule has 6 nitrogen and oxygen atoms in total. The first kappa shape index (κ1) is 13.8. The summed E-state index contributed by atoms with van der Waals surface area (Å²) in [4.78, 5) is 8.18. The summed E-state index contributed by atoms with van der Waals surface area (Å²) in [6, 6.07) is 6.39. The van der Waals surface area contributed by atoms with Crippen LogP contribution in [0.4, 0.5) is 5.82 Å². The molecule has 2 heterocycles. The summed E-state index contributed by atoms with van der Waals surface area (Å²) in [5.41, 5.74) is 0.907. The summed E-state index contributed by atoms with van der Waals surface area (Å²) in [6.07, 6.45) is 2.31. The lowest BCUT2D eigenvalue weighted by Crippen LogP contribution is -2.14. The van der Waals surface area contributed by atoms with Gasteiger partial charge in [-0.05, 0) is 43.7 Å². The summed E-state index contributed by atoms with van der Waals surface area (Å²) >= 11 is 0. The highest BCUT2D eigenvalue weighted by Crippen LogP contribution is 2.31. The van der Waals surface area contributed by atoms with Gasteiger partial charge in [-0.2, -0.15) is 0 Å². The number of benzene rings is 1. The van der Waals surface area contributed by atoms with Crippen LogP contribution >= 0.6 is 0 Å². The van der Waals surface area contributed by atoms with Crippen molar-refractivity contribution in [2.24, 2.45) is 0 Å². The number of ether oxygens (including phenoxy) is 1. The molecule has 7 heteroatoms. The van der Waals surface area contributed by atoms with Crippen LogP contribution < -0.4 is 9.46 Å². The van der Waals surface area contributed by atoms with Crippen LogP contribution in [0.2, 0.25) is 0 Å². The Kier molecular flexibility index (Phi) is 3.29. The van der Waals surface area contributed by atoms with Crippen LogP contribution in [0.1, 0.15) is 18.3 Å². The van der Waals surface area contributed by atoms with Gasteiger partial charge in [0.15, 0.2) is 0 Å². The second-order valence-corrected chi connectivity index (χ2v) is 6.68. The van der Waals surface area contributed by atoms with E-state index in [1.807, 2.05) is 6.92 Å². The van der Waals surface area contributed by atoms with Gasteiger partial charge in [-0.1, -0.05) is 0 Å². The van der Waals surface area contributed by atoms with E-state index < -0.39 is 10.0 Å². The van der Waals surface area contributed by atoms with E-state index in [1.165, 1.54) is 18.3 Å². The van der Waals surface area contributed by atoms with E-state index in [4.69, 9.17) is 4.74 Å². The molecule has 1 aliphatic heterocycles. The number of anilines is 1. The summed E-state index contributed by atoms with van der Waals surface area (Å²) < 4.78 is 32.8. The van der Waals surface area contributed by atoms with Crippen molar-refractivity contribution in [3.8, 4) is 5.75 Å². The Balaban J connectivity index is 1.91. The number of fused-ring (bicyclic) bond motifs is 1. The lowest BCUT2D eigenvalue weighted by atomic mass is 10.1. The molecule has 1 aromatic carbocycles. The average Bonchev–Trinajstić information content (AvgIpc) is 2.77. The Morgan fingerprint density at radius 2 is 2.14 bits per heavy atom. The van der Waals surface area contributed by atoms with E-state index in [0.717, 1.165) is 11.3 Å². The first-order valence-corrected chi connectivity index (χ1v) is 8.04. The third-order valence-corrected chi connectivity index (χ3v) is 4.55. The predicted molar refractivity (Wildman–Crippen MR) is 77.8 cm³/mol. The van der Waals surface area contributed by atoms with Crippen molar-refractivity contribution in [1.29, 1.82) is 0 Å². The molecule has 1 aliphatic rings. The maximum Gasteiger partial charge on any atom is 0.263 e. The third kappa shape index (κ3) is 2.82. The van der Waals surface area contributed by atoms with Crippen molar-refractivity contribution in [1.82, 2.24) is 9.97 Å². The lowest BCUT2D eigenvalue weighted by Gasteiger charge is -2.08. The number of aryl methyl sites for hydroxylation is 1. The van der Waals surface area contributed by atoms with Crippen LogP contribution in [0.25, 0.3) is 0 Å². The molecule has 1 atom stereocenters. The summed E-state index contributed by atoms with van der Waals surface area (Å²) in [5, 5.41) is 0. The largest absolute Gasteiger partial charge is 0.490 e. The Morgan fingerprint density at radius 1 is 1.33 bits per heavy atom. The first-order chi connectivity index (χ1) is 9.94. The highest BCUT2D eigenvalue weighted by molar-refractivity contribution is 7.92. The maximum absolute atomic E-state index is 12.4. The number of hydrogen-bond donors (Lipinski definition) is 1. The molecule has 3 rings (SSSR count). The number of sulfonamides is 1. The van der Waals surface area contributed by atoms with Crippen LogP contribution in [0.5, 0.6) is 5.75 Å². The van der Waals surface area contributed by atoms with E-state index in [0.29, 0.717) is 12.2 Å². The van der Waals surface area contributed by atoms with Gasteiger partial charge in [0.1, 0.15) is 23.5 Å². The fourth-order valence-corrected chi connectivity index (χ4v) is 3.33. The normalized spacial score (nSPS) is 17.1. The van der Waals surface area contributed by atoms with Gasteiger partial charge in [0.05, 0.1) is 4.90 Å². The van der Waals surface area contributed by atoms with Gasteiger partial charge in [-0.25, -0.2) is 18.4 Å². The van der Waals surface area contributed by atoms with Crippen molar-refractivity contribution in [2.45, 2.75) is 31.3 Å². The fourth-order valence-electron chi connectivity index (χ4n) is 2.28. The fraction of sp³-hybridized carbons (Fsp3) is 0.286. The van der Waals surface area contributed by atoms with Crippen molar-refractivity contribution >= 4 is 15.8 Å². The van der Waals surface area contributed by atoms with Gasteiger partial charge in [-0.3, -0.25) is 4.72 Å². The Morgan fingerprint density at radius 3 is 2.90 bits per heavy atom. The molecule has 1 N–H and O–H groups in total. The van der Waals surface area contributed by atoms with Crippen molar-refractivity contribution in [3.05, 3.63) is 41.9 Å². The minimum atomic E-state index is -3.66. The molecule has 0 fully saturated rings.